The third kappa shape index (κ3) is 7.10. The molecule has 0 unspecified atom stereocenters. The molecule has 1 aromatic rings. The number of nitrogens with zero attached hydrogens (tertiary/aromatic N) is 1. The van der Waals surface area contributed by atoms with E-state index in [9.17, 15) is 0 Å². The molecule has 0 bridgehead atoms. The van der Waals surface area contributed by atoms with Crippen LogP contribution in [0.4, 0.5) is 0 Å². The molecular weight excluding hydrogens is 212 g/mol. The summed E-state index contributed by atoms with van der Waals surface area (Å²) in [7, 11) is 4.11. The van der Waals surface area contributed by atoms with Crippen molar-refractivity contribution in [1.29, 1.82) is 0 Å². The number of benzene rings is 1. The second-order valence-corrected chi connectivity index (χ2v) is 4.58. The van der Waals surface area contributed by atoms with Crippen molar-refractivity contribution in [3.63, 3.8) is 0 Å². The zero-order valence-corrected chi connectivity index (χ0v) is 11.2. The Labute approximate surface area is 105 Å². The second kappa shape index (κ2) is 8.23. The minimum Gasteiger partial charge on any atom is -0.379 e. The fraction of sp³-hybridized carbons (Fsp3) is 0.571. The highest BCUT2D eigenvalue weighted by Gasteiger charge is 1.93. The molecule has 0 saturated carbocycles. The standard InChI is InChI=1S/C14H24N2O/c1-13-4-6-14(7-5-13)12-15-8-10-17-11-9-16(2)3/h4-7,15H,8-12H2,1-3H3. The Morgan fingerprint density at radius 1 is 1.12 bits per heavy atom. The minimum atomic E-state index is 0.777. The lowest BCUT2D eigenvalue weighted by Gasteiger charge is -2.10. The molecule has 3 heteroatoms. The van der Waals surface area contributed by atoms with Crippen molar-refractivity contribution in [3.8, 4) is 0 Å². The SMILES string of the molecule is Cc1ccc(CNCCOCCN(C)C)cc1. The zero-order chi connectivity index (χ0) is 12.5. The number of aryl methyl sites for hydroxylation is 1. The third-order valence-electron chi connectivity index (χ3n) is 2.56. The summed E-state index contributed by atoms with van der Waals surface area (Å²) in [5.41, 5.74) is 2.63. The van der Waals surface area contributed by atoms with Crippen LogP contribution in [0.3, 0.4) is 0 Å². The van der Waals surface area contributed by atoms with Crippen LogP contribution in [0.25, 0.3) is 0 Å². The van der Waals surface area contributed by atoms with Gasteiger partial charge in [0.1, 0.15) is 0 Å². The van der Waals surface area contributed by atoms with Crippen molar-refractivity contribution in [2.24, 2.45) is 0 Å². The molecule has 1 rings (SSSR count). The summed E-state index contributed by atoms with van der Waals surface area (Å²) in [6.07, 6.45) is 0. The van der Waals surface area contributed by atoms with Crippen LogP contribution in [0, 0.1) is 6.92 Å². The van der Waals surface area contributed by atoms with E-state index in [0.717, 1.165) is 32.8 Å². The fourth-order valence-corrected chi connectivity index (χ4v) is 1.43. The maximum Gasteiger partial charge on any atom is 0.0593 e. The van der Waals surface area contributed by atoms with E-state index in [-0.39, 0.29) is 0 Å². The number of ether oxygens (including phenoxy) is 1. The van der Waals surface area contributed by atoms with Crippen molar-refractivity contribution < 1.29 is 4.74 Å². The second-order valence-electron chi connectivity index (χ2n) is 4.58. The summed E-state index contributed by atoms with van der Waals surface area (Å²) in [5.74, 6) is 0. The van der Waals surface area contributed by atoms with Crippen LogP contribution in [-0.2, 0) is 11.3 Å². The van der Waals surface area contributed by atoms with E-state index >= 15 is 0 Å². The van der Waals surface area contributed by atoms with E-state index in [4.69, 9.17) is 4.74 Å². The number of likely N-dealkylation sites (N-methyl/N-ethyl adjacent to an activating group) is 1. The lowest BCUT2D eigenvalue weighted by Crippen LogP contribution is -2.23. The van der Waals surface area contributed by atoms with E-state index in [2.05, 4.69) is 55.5 Å². The van der Waals surface area contributed by atoms with E-state index in [1.165, 1.54) is 11.1 Å². The molecular formula is C14H24N2O. The normalized spacial score (nSPS) is 11.1. The van der Waals surface area contributed by atoms with E-state index in [1.54, 1.807) is 0 Å². The summed E-state index contributed by atoms with van der Waals surface area (Å²) in [6, 6.07) is 8.61. The Balaban J connectivity index is 1.99. The summed E-state index contributed by atoms with van der Waals surface area (Å²) < 4.78 is 5.50. The monoisotopic (exact) mass is 236 g/mol. The highest BCUT2D eigenvalue weighted by atomic mass is 16.5. The molecule has 0 fully saturated rings. The van der Waals surface area contributed by atoms with E-state index in [1.807, 2.05) is 0 Å². The molecule has 1 aromatic carbocycles. The molecule has 0 amide bonds. The smallest absolute Gasteiger partial charge is 0.0593 e. The van der Waals surface area contributed by atoms with Gasteiger partial charge >= 0.3 is 0 Å². The first-order valence-corrected chi connectivity index (χ1v) is 6.17. The highest BCUT2D eigenvalue weighted by Crippen LogP contribution is 2.01. The molecule has 0 radical (unpaired) electrons. The van der Waals surface area contributed by atoms with Crippen molar-refractivity contribution in [3.05, 3.63) is 35.4 Å². The number of rotatable bonds is 8. The van der Waals surface area contributed by atoms with Gasteiger partial charge in [-0.1, -0.05) is 29.8 Å². The Morgan fingerprint density at radius 2 is 1.82 bits per heavy atom. The van der Waals surface area contributed by atoms with Gasteiger partial charge in [-0.2, -0.15) is 0 Å². The highest BCUT2D eigenvalue weighted by molar-refractivity contribution is 5.20. The van der Waals surface area contributed by atoms with Gasteiger partial charge in [-0.05, 0) is 26.6 Å². The molecule has 96 valence electrons. The van der Waals surface area contributed by atoms with Gasteiger partial charge in [-0.25, -0.2) is 0 Å². The topological polar surface area (TPSA) is 24.5 Å². The predicted molar refractivity (Wildman–Crippen MR) is 72.3 cm³/mol. The van der Waals surface area contributed by atoms with Gasteiger partial charge in [-0.15, -0.1) is 0 Å². The molecule has 0 saturated heterocycles. The van der Waals surface area contributed by atoms with Crippen molar-refractivity contribution in [1.82, 2.24) is 10.2 Å². The van der Waals surface area contributed by atoms with Crippen LogP contribution in [0.15, 0.2) is 24.3 Å². The molecule has 17 heavy (non-hydrogen) atoms. The lowest BCUT2D eigenvalue weighted by atomic mass is 10.1. The van der Waals surface area contributed by atoms with Crippen LogP contribution < -0.4 is 5.32 Å². The maximum atomic E-state index is 5.50. The maximum absolute atomic E-state index is 5.50. The summed E-state index contributed by atoms with van der Waals surface area (Å²) in [4.78, 5) is 2.12. The van der Waals surface area contributed by atoms with Crippen LogP contribution in [-0.4, -0.2) is 45.3 Å². The Bertz CT molecular complexity index is 296. The molecule has 0 aliphatic heterocycles. The lowest BCUT2D eigenvalue weighted by molar-refractivity contribution is 0.119. The van der Waals surface area contributed by atoms with Gasteiger partial charge in [-0.3, -0.25) is 0 Å². The van der Waals surface area contributed by atoms with Gasteiger partial charge in [0.05, 0.1) is 13.2 Å². The van der Waals surface area contributed by atoms with Crippen LogP contribution >= 0.6 is 0 Å². The van der Waals surface area contributed by atoms with Crippen LogP contribution in [0.5, 0.6) is 0 Å². The molecule has 0 atom stereocenters. The third-order valence-corrected chi connectivity index (χ3v) is 2.56. The Morgan fingerprint density at radius 3 is 2.47 bits per heavy atom. The average Bonchev–Trinajstić information content (AvgIpc) is 2.30. The van der Waals surface area contributed by atoms with Gasteiger partial charge in [0.25, 0.3) is 0 Å². The summed E-state index contributed by atoms with van der Waals surface area (Å²) in [6.45, 7) is 6.49. The number of hydrogen-bond donors (Lipinski definition) is 1. The molecule has 0 spiro atoms. The first-order chi connectivity index (χ1) is 8.18. The van der Waals surface area contributed by atoms with Gasteiger partial charge in [0.2, 0.25) is 0 Å². The molecule has 3 nitrogen and oxygen atoms in total. The quantitative estimate of drug-likeness (QED) is 0.695. The van der Waals surface area contributed by atoms with Gasteiger partial charge in [0.15, 0.2) is 0 Å². The van der Waals surface area contributed by atoms with Gasteiger partial charge < -0.3 is 15.0 Å². The van der Waals surface area contributed by atoms with E-state index in [0.29, 0.717) is 0 Å². The fourth-order valence-electron chi connectivity index (χ4n) is 1.43. The molecule has 0 aliphatic carbocycles. The zero-order valence-electron chi connectivity index (χ0n) is 11.2. The minimum absolute atomic E-state index is 0.777. The van der Waals surface area contributed by atoms with Gasteiger partial charge in [0, 0.05) is 19.6 Å². The largest absolute Gasteiger partial charge is 0.379 e. The van der Waals surface area contributed by atoms with Crippen LogP contribution in [0.2, 0.25) is 0 Å². The number of hydrogen-bond acceptors (Lipinski definition) is 3. The van der Waals surface area contributed by atoms with Crippen molar-refractivity contribution in [2.45, 2.75) is 13.5 Å². The van der Waals surface area contributed by atoms with E-state index < -0.39 is 0 Å². The number of nitrogens with one attached hydrogen (secondary N) is 1. The molecule has 0 aromatic heterocycles. The average molecular weight is 236 g/mol. The van der Waals surface area contributed by atoms with Crippen molar-refractivity contribution >= 4 is 0 Å². The molecule has 1 N–H and O–H groups in total. The Kier molecular flexibility index (Phi) is 6.86. The first-order valence-electron chi connectivity index (χ1n) is 6.17. The predicted octanol–water partition coefficient (Wildman–Crippen LogP) is 1.66. The first kappa shape index (κ1) is 14.2. The van der Waals surface area contributed by atoms with Crippen LogP contribution in [0.1, 0.15) is 11.1 Å². The Hall–Kier alpha value is -0.900. The van der Waals surface area contributed by atoms with Crippen molar-refractivity contribution in [2.75, 3.05) is 40.4 Å². The summed E-state index contributed by atoms with van der Waals surface area (Å²) >= 11 is 0. The molecule has 0 aliphatic rings. The summed E-state index contributed by atoms with van der Waals surface area (Å²) in [5, 5.41) is 3.37. The molecule has 0 heterocycles.